The van der Waals surface area contributed by atoms with Gasteiger partial charge in [-0.15, -0.1) is 0 Å². The Kier molecular flexibility index (Phi) is 4.62. The Balaban J connectivity index is 1.69. The van der Waals surface area contributed by atoms with Crippen LogP contribution >= 0.6 is 11.6 Å². The van der Waals surface area contributed by atoms with Crippen LogP contribution in [0.3, 0.4) is 0 Å². The maximum absolute atomic E-state index is 12.7. The van der Waals surface area contributed by atoms with Crippen molar-refractivity contribution in [3.8, 4) is 11.6 Å². The molecule has 0 unspecified atom stereocenters. The lowest BCUT2D eigenvalue weighted by Crippen LogP contribution is -2.31. The number of ether oxygens (including phenoxy) is 2. The van der Waals surface area contributed by atoms with Crippen LogP contribution in [0.1, 0.15) is 16.8 Å². The van der Waals surface area contributed by atoms with Crippen LogP contribution in [-0.2, 0) is 0 Å². The smallest absolute Gasteiger partial charge is 0.257 e. The predicted molar refractivity (Wildman–Crippen MR) is 85.0 cm³/mol. The average molecular weight is 334 g/mol. The van der Waals surface area contributed by atoms with Gasteiger partial charge >= 0.3 is 0 Å². The van der Waals surface area contributed by atoms with Crippen molar-refractivity contribution < 1.29 is 14.3 Å². The maximum Gasteiger partial charge on any atom is 0.257 e. The van der Waals surface area contributed by atoms with Crippen LogP contribution in [0.25, 0.3) is 0 Å². The molecule has 0 aliphatic carbocycles. The lowest BCUT2D eigenvalue weighted by atomic mass is 10.1. The quantitative estimate of drug-likeness (QED) is 0.859. The molecule has 0 radical (unpaired) electrons. The molecule has 1 amide bonds. The summed E-state index contributed by atoms with van der Waals surface area (Å²) in [5, 5.41) is 0.501. The highest BCUT2D eigenvalue weighted by atomic mass is 35.5. The molecule has 6 nitrogen and oxygen atoms in total. The van der Waals surface area contributed by atoms with Crippen molar-refractivity contribution >= 4 is 17.5 Å². The zero-order chi connectivity index (χ0) is 16.2. The minimum absolute atomic E-state index is 0.0965. The van der Waals surface area contributed by atoms with E-state index in [1.54, 1.807) is 41.7 Å². The Morgan fingerprint density at radius 2 is 2.26 bits per heavy atom. The number of methoxy groups -OCH3 is 1. The summed E-state index contributed by atoms with van der Waals surface area (Å²) in [7, 11) is 1.53. The van der Waals surface area contributed by atoms with Crippen molar-refractivity contribution in [3.63, 3.8) is 0 Å². The lowest BCUT2D eigenvalue weighted by molar-refractivity contribution is 0.0767. The highest BCUT2D eigenvalue weighted by Crippen LogP contribution is 2.26. The van der Waals surface area contributed by atoms with Crippen molar-refractivity contribution in [2.75, 3.05) is 20.2 Å². The molecule has 2 aromatic rings. The van der Waals surface area contributed by atoms with Crippen LogP contribution < -0.4 is 9.47 Å². The minimum Gasteiger partial charge on any atom is -0.496 e. The first-order chi connectivity index (χ1) is 11.2. The van der Waals surface area contributed by atoms with Crippen LogP contribution in [0, 0.1) is 0 Å². The third-order valence-corrected chi connectivity index (χ3v) is 3.89. The third kappa shape index (κ3) is 3.53. The molecule has 0 bridgehead atoms. The standard InChI is InChI=1S/C16H16ClN3O3/c1-22-14-3-2-11(17)8-13(14)16(21)20-7-4-12(10-20)23-15-9-18-5-6-19-15/h2-3,5-6,8-9,12H,4,7,10H2,1H3/t12-/m0/s1. The zero-order valence-corrected chi connectivity index (χ0v) is 13.4. The van der Waals surface area contributed by atoms with Crippen molar-refractivity contribution in [3.05, 3.63) is 47.4 Å². The number of nitrogens with zero attached hydrogens (tertiary/aromatic N) is 3. The van der Waals surface area contributed by atoms with Crippen LogP contribution in [-0.4, -0.2) is 47.1 Å². The Hall–Kier alpha value is -2.34. The Labute approximate surface area is 139 Å². The normalized spacial score (nSPS) is 17.1. The summed E-state index contributed by atoms with van der Waals surface area (Å²) in [6.07, 6.45) is 5.36. The fourth-order valence-electron chi connectivity index (χ4n) is 2.54. The van der Waals surface area contributed by atoms with Gasteiger partial charge in [0.15, 0.2) is 0 Å². The molecule has 23 heavy (non-hydrogen) atoms. The van der Waals surface area contributed by atoms with Gasteiger partial charge in [-0.1, -0.05) is 11.6 Å². The summed E-state index contributed by atoms with van der Waals surface area (Å²) in [4.78, 5) is 22.5. The van der Waals surface area contributed by atoms with E-state index in [0.29, 0.717) is 35.3 Å². The summed E-state index contributed by atoms with van der Waals surface area (Å²) in [6.45, 7) is 1.10. The molecule has 120 valence electrons. The maximum atomic E-state index is 12.7. The van der Waals surface area contributed by atoms with E-state index in [1.165, 1.54) is 7.11 Å². The van der Waals surface area contributed by atoms with Gasteiger partial charge in [0.05, 0.1) is 25.4 Å². The van der Waals surface area contributed by atoms with E-state index in [4.69, 9.17) is 21.1 Å². The predicted octanol–water partition coefficient (Wildman–Crippen LogP) is 2.43. The highest BCUT2D eigenvalue weighted by Gasteiger charge is 2.30. The van der Waals surface area contributed by atoms with Crippen molar-refractivity contribution in [2.24, 2.45) is 0 Å². The van der Waals surface area contributed by atoms with E-state index < -0.39 is 0 Å². The number of hydrogen-bond acceptors (Lipinski definition) is 5. The highest BCUT2D eigenvalue weighted by molar-refractivity contribution is 6.31. The monoisotopic (exact) mass is 333 g/mol. The number of carbonyl (C=O) groups is 1. The van der Waals surface area contributed by atoms with E-state index in [9.17, 15) is 4.79 Å². The molecular formula is C16H16ClN3O3. The number of likely N-dealkylation sites (tertiary alicyclic amines) is 1. The lowest BCUT2D eigenvalue weighted by Gasteiger charge is -2.18. The number of aromatic nitrogens is 2. The molecule has 3 rings (SSSR count). The fraction of sp³-hybridized carbons (Fsp3) is 0.312. The Bertz CT molecular complexity index is 696. The summed E-state index contributed by atoms with van der Waals surface area (Å²) >= 11 is 5.99. The molecule has 0 saturated carbocycles. The Morgan fingerprint density at radius 1 is 1.39 bits per heavy atom. The van der Waals surface area contributed by atoms with Gasteiger partial charge in [-0.05, 0) is 18.2 Å². The van der Waals surface area contributed by atoms with E-state index in [-0.39, 0.29) is 12.0 Å². The minimum atomic E-state index is -0.116. The molecule has 1 fully saturated rings. The summed E-state index contributed by atoms with van der Waals surface area (Å²) < 4.78 is 11.0. The number of hydrogen-bond donors (Lipinski definition) is 0. The first kappa shape index (κ1) is 15.6. The first-order valence-corrected chi connectivity index (χ1v) is 7.60. The summed E-state index contributed by atoms with van der Waals surface area (Å²) in [5.74, 6) is 0.861. The second-order valence-electron chi connectivity index (χ2n) is 5.17. The molecule has 1 aromatic heterocycles. The number of halogens is 1. The number of rotatable bonds is 4. The zero-order valence-electron chi connectivity index (χ0n) is 12.6. The molecule has 2 heterocycles. The van der Waals surface area contributed by atoms with Crippen molar-refractivity contribution in [1.82, 2.24) is 14.9 Å². The van der Waals surface area contributed by atoms with Crippen LogP contribution in [0.4, 0.5) is 0 Å². The number of carbonyl (C=O) groups excluding carboxylic acids is 1. The fourth-order valence-corrected chi connectivity index (χ4v) is 2.72. The molecular weight excluding hydrogens is 318 g/mol. The Morgan fingerprint density at radius 3 is 3.00 bits per heavy atom. The number of benzene rings is 1. The van der Waals surface area contributed by atoms with Crippen LogP contribution in [0.5, 0.6) is 11.6 Å². The van der Waals surface area contributed by atoms with Gasteiger partial charge in [-0.25, -0.2) is 4.98 Å². The van der Waals surface area contributed by atoms with E-state index in [2.05, 4.69) is 9.97 Å². The second kappa shape index (κ2) is 6.83. The molecule has 1 saturated heterocycles. The van der Waals surface area contributed by atoms with Gasteiger partial charge in [-0.3, -0.25) is 9.78 Å². The first-order valence-electron chi connectivity index (χ1n) is 7.23. The molecule has 7 heteroatoms. The van der Waals surface area contributed by atoms with Gasteiger partial charge in [0.2, 0.25) is 5.88 Å². The van der Waals surface area contributed by atoms with Gasteiger partial charge in [0.25, 0.3) is 5.91 Å². The van der Waals surface area contributed by atoms with Gasteiger partial charge < -0.3 is 14.4 Å². The third-order valence-electron chi connectivity index (χ3n) is 3.65. The van der Waals surface area contributed by atoms with Crippen molar-refractivity contribution in [1.29, 1.82) is 0 Å². The van der Waals surface area contributed by atoms with Gasteiger partial charge in [0, 0.05) is 30.4 Å². The number of amides is 1. The molecule has 1 atom stereocenters. The largest absolute Gasteiger partial charge is 0.496 e. The molecule has 1 aliphatic rings. The molecule has 0 spiro atoms. The molecule has 1 aromatic carbocycles. The summed E-state index contributed by atoms with van der Waals surface area (Å²) in [6, 6.07) is 5.01. The van der Waals surface area contributed by atoms with E-state index in [0.717, 1.165) is 6.42 Å². The SMILES string of the molecule is COc1ccc(Cl)cc1C(=O)N1CC[C@H](Oc2cnccn2)C1. The second-order valence-corrected chi connectivity index (χ2v) is 5.60. The van der Waals surface area contributed by atoms with Crippen LogP contribution in [0.2, 0.25) is 5.02 Å². The van der Waals surface area contributed by atoms with Gasteiger partial charge in [0.1, 0.15) is 11.9 Å². The van der Waals surface area contributed by atoms with E-state index in [1.807, 2.05) is 0 Å². The topological polar surface area (TPSA) is 64.5 Å². The van der Waals surface area contributed by atoms with Crippen LogP contribution in [0.15, 0.2) is 36.8 Å². The molecule has 1 aliphatic heterocycles. The molecule has 0 N–H and O–H groups in total. The average Bonchev–Trinajstić information content (AvgIpc) is 3.03. The van der Waals surface area contributed by atoms with Crippen molar-refractivity contribution in [2.45, 2.75) is 12.5 Å². The summed E-state index contributed by atoms with van der Waals surface area (Å²) in [5.41, 5.74) is 0.458. The van der Waals surface area contributed by atoms with E-state index >= 15 is 0 Å². The van der Waals surface area contributed by atoms with Gasteiger partial charge in [-0.2, -0.15) is 0 Å².